The Morgan fingerprint density at radius 2 is 2.20 bits per heavy atom. The van der Waals surface area contributed by atoms with Crippen LogP contribution in [0.3, 0.4) is 0 Å². The lowest BCUT2D eigenvalue weighted by atomic mass is 10.3. The van der Waals surface area contributed by atoms with E-state index in [4.69, 9.17) is 0 Å². The van der Waals surface area contributed by atoms with Gasteiger partial charge in [0.25, 0.3) is 0 Å². The third kappa shape index (κ3) is 4.34. The van der Waals surface area contributed by atoms with Gasteiger partial charge in [0, 0.05) is 12.6 Å². The van der Waals surface area contributed by atoms with Gasteiger partial charge in [-0.05, 0) is 19.5 Å². The van der Waals surface area contributed by atoms with Crippen LogP contribution in [0.4, 0.5) is 0 Å². The third-order valence-electron chi connectivity index (χ3n) is 1.55. The molecule has 0 aliphatic carbocycles. The van der Waals surface area contributed by atoms with Gasteiger partial charge in [-0.15, -0.1) is 24.8 Å². The highest BCUT2D eigenvalue weighted by Gasteiger charge is 2.10. The molecule has 64 valence electrons. The summed E-state index contributed by atoms with van der Waals surface area (Å²) in [7, 11) is 0. The van der Waals surface area contributed by atoms with Gasteiger partial charge in [0.1, 0.15) is 0 Å². The summed E-state index contributed by atoms with van der Waals surface area (Å²) in [5, 5.41) is 6.68. The quantitative estimate of drug-likeness (QED) is 0.668. The van der Waals surface area contributed by atoms with Crippen molar-refractivity contribution in [3.05, 3.63) is 0 Å². The number of hydrogen-bond donors (Lipinski definition) is 2. The molecular weight excluding hydrogens is 171 g/mol. The van der Waals surface area contributed by atoms with Crippen LogP contribution in [0.5, 0.6) is 0 Å². The summed E-state index contributed by atoms with van der Waals surface area (Å²) in [5.74, 6) is 0. The molecule has 0 aromatic rings. The molecule has 2 N–H and O–H groups in total. The van der Waals surface area contributed by atoms with E-state index in [-0.39, 0.29) is 24.8 Å². The zero-order chi connectivity index (χ0) is 5.82. The van der Waals surface area contributed by atoms with Crippen LogP contribution in [0.15, 0.2) is 0 Å². The van der Waals surface area contributed by atoms with Crippen LogP contribution in [0.1, 0.15) is 13.3 Å². The number of rotatable bonds is 2. The molecule has 1 atom stereocenters. The summed E-state index contributed by atoms with van der Waals surface area (Å²) in [6, 6.07) is 0.750. The first-order valence-electron chi connectivity index (χ1n) is 3.37. The highest BCUT2D eigenvalue weighted by molar-refractivity contribution is 5.85. The average Bonchev–Trinajstić information content (AvgIpc) is 2.19. The van der Waals surface area contributed by atoms with E-state index in [2.05, 4.69) is 17.6 Å². The van der Waals surface area contributed by atoms with Crippen molar-refractivity contribution in [3.8, 4) is 0 Å². The SMILES string of the molecule is CCNC1CCNC1.Cl.Cl. The van der Waals surface area contributed by atoms with Crippen LogP contribution in [0.25, 0.3) is 0 Å². The van der Waals surface area contributed by atoms with Gasteiger partial charge in [-0.2, -0.15) is 0 Å². The van der Waals surface area contributed by atoms with Crippen LogP contribution < -0.4 is 10.6 Å². The first-order valence-corrected chi connectivity index (χ1v) is 3.37. The van der Waals surface area contributed by atoms with Crippen molar-refractivity contribution in [2.24, 2.45) is 0 Å². The molecule has 1 unspecified atom stereocenters. The fourth-order valence-corrected chi connectivity index (χ4v) is 1.12. The van der Waals surface area contributed by atoms with Crippen LogP contribution in [0, 0.1) is 0 Å². The highest BCUT2D eigenvalue weighted by Crippen LogP contribution is 1.94. The van der Waals surface area contributed by atoms with E-state index in [1.807, 2.05) is 0 Å². The Morgan fingerprint density at radius 3 is 2.60 bits per heavy atom. The van der Waals surface area contributed by atoms with E-state index in [1.165, 1.54) is 13.0 Å². The van der Waals surface area contributed by atoms with E-state index in [1.54, 1.807) is 0 Å². The van der Waals surface area contributed by atoms with Crippen molar-refractivity contribution in [2.45, 2.75) is 19.4 Å². The summed E-state index contributed by atoms with van der Waals surface area (Å²) in [6.07, 6.45) is 1.30. The van der Waals surface area contributed by atoms with Crippen molar-refractivity contribution in [3.63, 3.8) is 0 Å². The van der Waals surface area contributed by atoms with Crippen LogP contribution in [0.2, 0.25) is 0 Å². The number of hydrogen-bond acceptors (Lipinski definition) is 2. The van der Waals surface area contributed by atoms with Gasteiger partial charge in [-0.3, -0.25) is 0 Å². The molecule has 0 aromatic carbocycles. The standard InChI is InChI=1S/C6H14N2.2ClH/c1-2-8-6-3-4-7-5-6;;/h6-8H,2-5H2,1H3;2*1H. The number of likely N-dealkylation sites (N-methyl/N-ethyl adjacent to an activating group) is 1. The lowest BCUT2D eigenvalue weighted by molar-refractivity contribution is 0.567. The maximum atomic E-state index is 3.38. The van der Waals surface area contributed by atoms with E-state index in [0.717, 1.165) is 19.1 Å². The molecule has 1 heterocycles. The van der Waals surface area contributed by atoms with Crippen molar-refractivity contribution in [2.75, 3.05) is 19.6 Å². The fraction of sp³-hybridized carbons (Fsp3) is 1.00. The van der Waals surface area contributed by atoms with Crippen LogP contribution in [-0.2, 0) is 0 Å². The van der Waals surface area contributed by atoms with Crippen molar-refractivity contribution < 1.29 is 0 Å². The average molecular weight is 187 g/mol. The van der Waals surface area contributed by atoms with Crippen molar-refractivity contribution in [1.82, 2.24) is 10.6 Å². The lowest BCUT2D eigenvalue weighted by Gasteiger charge is -2.06. The van der Waals surface area contributed by atoms with Gasteiger partial charge in [0.2, 0.25) is 0 Å². The topological polar surface area (TPSA) is 24.1 Å². The van der Waals surface area contributed by atoms with E-state index in [9.17, 15) is 0 Å². The van der Waals surface area contributed by atoms with E-state index < -0.39 is 0 Å². The van der Waals surface area contributed by atoms with Crippen LogP contribution >= 0.6 is 24.8 Å². The lowest BCUT2D eigenvalue weighted by Crippen LogP contribution is -2.30. The molecule has 4 heteroatoms. The maximum absolute atomic E-state index is 3.38. The molecule has 2 nitrogen and oxygen atoms in total. The molecule has 1 aliphatic heterocycles. The summed E-state index contributed by atoms with van der Waals surface area (Å²) < 4.78 is 0. The van der Waals surface area contributed by atoms with E-state index >= 15 is 0 Å². The van der Waals surface area contributed by atoms with Gasteiger partial charge in [0.05, 0.1) is 0 Å². The Labute approximate surface area is 75.0 Å². The smallest absolute Gasteiger partial charge is 0.0204 e. The second-order valence-corrected chi connectivity index (χ2v) is 2.25. The van der Waals surface area contributed by atoms with Crippen molar-refractivity contribution >= 4 is 24.8 Å². The van der Waals surface area contributed by atoms with Gasteiger partial charge in [-0.25, -0.2) is 0 Å². The van der Waals surface area contributed by atoms with Gasteiger partial charge in [0.15, 0.2) is 0 Å². The Hall–Kier alpha value is 0.500. The predicted molar refractivity (Wildman–Crippen MR) is 49.4 cm³/mol. The van der Waals surface area contributed by atoms with Gasteiger partial charge in [-0.1, -0.05) is 6.92 Å². The molecule has 10 heavy (non-hydrogen) atoms. The Morgan fingerprint density at radius 1 is 1.50 bits per heavy atom. The molecule has 0 amide bonds. The van der Waals surface area contributed by atoms with Crippen molar-refractivity contribution in [1.29, 1.82) is 0 Å². The molecular formula is C6H16Cl2N2. The molecule has 1 aliphatic rings. The van der Waals surface area contributed by atoms with Gasteiger partial charge >= 0.3 is 0 Å². The minimum atomic E-state index is 0. The summed E-state index contributed by atoms with van der Waals surface area (Å²) in [5.41, 5.74) is 0. The van der Waals surface area contributed by atoms with E-state index in [0.29, 0.717) is 0 Å². The summed E-state index contributed by atoms with van der Waals surface area (Å²) >= 11 is 0. The maximum Gasteiger partial charge on any atom is 0.0204 e. The molecule has 1 saturated heterocycles. The minimum absolute atomic E-state index is 0. The summed E-state index contributed by atoms with van der Waals surface area (Å²) in [4.78, 5) is 0. The Bertz CT molecular complexity index is 64.8. The fourth-order valence-electron chi connectivity index (χ4n) is 1.12. The first kappa shape index (κ1) is 13.1. The Kier molecular flexibility index (Phi) is 9.97. The molecule has 1 rings (SSSR count). The summed E-state index contributed by atoms with van der Waals surface area (Å²) in [6.45, 7) is 5.61. The molecule has 1 fully saturated rings. The molecule has 0 bridgehead atoms. The third-order valence-corrected chi connectivity index (χ3v) is 1.55. The van der Waals surface area contributed by atoms with Crippen LogP contribution in [-0.4, -0.2) is 25.7 Å². The molecule has 0 aromatic heterocycles. The highest BCUT2D eigenvalue weighted by atomic mass is 35.5. The number of halogens is 2. The number of nitrogens with one attached hydrogen (secondary N) is 2. The second kappa shape index (κ2) is 7.61. The minimum Gasteiger partial charge on any atom is -0.315 e. The van der Waals surface area contributed by atoms with Gasteiger partial charge < -0.3 is 10.6 Å². The Balaban J connectivity index is 0. The molecule has 0 spiro atoms. The molecule has 0 saturated carbocycles. The zero-order valence-corrected chi connectivity index (χ0v) is 7.86. The zero-order valence-electron chi connectivity index (χ0n) is 6.22. The first-order chi connectivity index (χ1) is 3.93. The molecule has 0 radical (unpaired) electrons. The normalized spacial score (nSPS) is 23.1. The monoisotopic (exact) mass is 186 g/mol. The predicted octanol–water partition coefficient (Wildman–Crippen LogP) is 0.801. The largest absolute Gasteiger partial charge is 0.315 e. The second-order valence-electron chi connectivity index (χ2n) is 2.25.